The number of ether oxygens (including phenoxy) is 1. The number of esters is 1. The lowest BCUT2D eigenvalue weighted by molar-refractivity contribution is 0.0600. The Balaban J connectivity index is 2.65. The highest BCUT2D eigenvalue weighted by atomic mass is 35.5. The lowest BCUT2D eigenvalue weighted by atomic mass is 10.0. The van der Waals surface area contributed by atoms with Gasteiger partial charge >= 0.3 is 11.9 Å². The summed E-state index contributed by atoms with van der Waals surface area (Å²) in [5, 5.41) is 10.4. The number of hydrogen-bond acceptors (Lipinski definition) is 3. The minimum atomic E-state index is -1.08. The molecule has 0 unspecified atom stereocenters. The monoisotopic (exact) mass is 264 g/mol. The molecular formula is C13H9ClO4. The smallest absolute Gasteiger partial charge is 0.337 e. The zero-order valence-corrected chi connectivity index (χ0v) is 10.2. The molecule has 4 nitrogen and oxygen atoms in total. The Labute approximate surface area is 108 Å². The SMILES string of the molecule is COC(=O)c1ccc2c(Cl)c(C(=O)O)ccc2c1. The number of carbonyl (C=O) groups is 2. The maximum Gasteiger partial charge on any atom is 0.337 e. The van der Waals surface area contributed by atoms with Crippen molar-refractivity contribution in [2.24, 2.45) is 0 Å². The van der Waals surface area contributed by atoms with Crippen molar-refractivity contribution in [1.82, 2.24) is 0 Å². The second-order valence-electron chi connectivity index (χ2n) is 3.66. The fourth-order valence-corrected chi connectivity index (χ4v) is 2.02. The minimum Gasteiger partial charge on any atom is -0.478 e. The van der Waals surface area contributed by atoms with Crippen LogP contribution < -0.4 is 0 Å². The third kappa shape index (κ3) is 2.02. The van der Waals surface area contributed by atoms with E-state index in [2.05, 4.69) is 4.74 Å². The van der Waals surface area contributed by atoms with E-state index in [4.69, 9.17) is 16.7 Å². The van der Waals surface area contributed by atoms with E-state index in [1.807, 2.05) is 0 Å². The van der Waals surface area contributed by atoms with Crippen molar-refractivity contribution in [3.63, 3.8) is 0 Å². The van der Waals surface area contributed by atoms with Gasteiger partial charge in [-0.05, 0) is 23.6 Å². The van der Waals surface area contributed by atoms with Gasteiger partial charge in [-0.15, -0.1) is 0 Å². The van der Waals surface area contributed by atoms with Gasteiger partial charge in [0.15, 0.2) is 0 Å². The van der Waals surface area contributed by atoms with E-state index < -0.39 is 11.9 Å². The summed E-state index contributed by atoms with van der Waals surface area (Å²) in [6, 6.07) is 7.78. The number of hydrogen-bond donors (Lipinski definition) is 1. The highest BCUT2D eigenvalue weighted by Gasteiger charge is 2.13. The molecule has 2 aromatic carbocycles. The zero-order valence-electron chi connectivity index (χ0n) is 9.44. The van der Waals surface area contributed by atoms with Gasteiger partial charge in [-0.2, -0.15) is 0 Å². The molecule has 0 aliphatic heterocycles. The molecular weight excluding hydrogens is 256 g/mol. The number of halogens is 1. The standard InChI is InChI=1S/C13H9ClO4/c1-18-13(17)8-3-4-9-7(6-8)2-5-10(11(9)14)12(15)16/h2-6H,1H3,(H,15,16). The molecule has 0 aromatic heterocycles. The Kier molecular flexibility index (Phi) is 3.21. The van der Waals surface area contributed by atoms with E-state index in [1.54, 1.807) is 24.3 Å². The van der Waals surface area contributed by atoms with E-state index in [0.717, 1.165) is 0 Å². The average Bonchev–Trinajstić information content (AvgIpc) is 2.37. The van der Waals surface area contributed by atoms with Gasteiger partial charge in [0.2, 0.25) is 0 Å². The van der Waals surface area contributed by atoms with Gasteiger partial charge in [-0.1, -0.05) is 23.7 Å². The number of aromatic carboxylic acids is 1. The number of rotatable bonds is 2. The maximum atomic E-state index is 11.4. The van der Waals surface area contributed by atoms with Gasteiger partial charge in [-0.25, -0.2) is 9.59 Å². The van der Waals surface area contributed by atoms with Gasteiger partial charge in [0.1, 0.15) is 0 Å². The van der Waals surface area contributed by atoms with E-state index >= 15 is 0 Å². The predicted molar refractivity (Wildman–Crippen MR) is 67.3 cm³/mol. The lowest BCUT2D eigenvalue weighted by Crippen LogP contribution is -2.01. The fourth-order valence-electron chi connectivity index (χ4n) is 1.70. The molecule has 0 fully saturated rings. The summed E-state index contributed by atoms with van der Waals surface area (Å²) in [6.07, 6.45) is 0. The first-order chi connectivity index (χ1) is 8.54. The molecule has 0 saturated heterocycles. The van der Waals surface area contributed by atoms with E-state index in [0.29, 0.717) is 16.3 Å². The molecule has 2 aromatic rings. The second-order valence-corrected chi connectivity index (χ2v) is 4.04. The summed E-state index contributed by atoms with van der Waals surface area (Å²) >= 11 is 6.01. The lowest BCUT2D eigenvalue weighted by Gasteiger charge is -2.06. The largest absolute Gasteiger partial charge is 0.478 e. The van der Waals surface area contributed by atoms with Gasteiger partial charge in [0.05, 0.1) is 23.3 Å². The summed E-state index contributed by atoms with van der Waals surface area (Å²) in [5.41, 5.74) is 0.430. The molecule has 0 radical (unpaired) electrons. The average molecular weight is 265 g/mol. The first-order valence-electron chi connectivity index (χ1n) is 5.08. The van der Waals surface area contributed by atoms with Crippen LogP contribution in [0.4, 0.5) is 0 Å². The van der Waals surface area contributed by atoms with Gasteiger partial charge in [-0.3, -0.25) is 0 Å². The molecule has 0 aliphatic rings. The second kappa shape index (κ2) is 4.66. The number of fused-ring (bicyclic) bond motifs is 1. The first-order valence-corrected chi connectivity index (χ1v) is 5.46. The molecule has 2 rings (SSSR count). The number of methoxy groups -OCH3 is 1. The van der Waals surface area contributed by atoms with Crippen LogP contribution >= 0.6 is 11.6 Å². The molecule has 0 aliphatic carbocycles. The molecule has 0 amide bonds. The van der Waals surface area contributed by atoms with Crippen molar-refractivity contribution in [2.75, 3.05) is 7.11 Å². The molecule has 18 heavy (non-hydrogen) atoms. The highest BCUT2D eigenvalue weighted by Crippen LogP contribution is 2.28. The first kappa shape index (κ1) is 12.4. The van der Waals surface area contributed by atoms with E-state index in [-0.39, 0.29) is 10.6 Å². The van der Waals surface area contributed by atoms with Gasteiger partial charge in [0.25, 0.3) is 0 Å². The predicted octanol–water partition coefficient (Wildman–Crippen LogP) is 2.98. The molecule has 92 valence electrons. The molecule has 0 heterocycles. The molecule has 0 saturated carbocycles. The molecule has 5 heteroatoms. The van der Waals surface area contributed by atoms with Crippen LogP contribution in [-0.2, 0) is 4.74 Å². The van der Waals surface area contributed by atoms with Crippen LogP contribution in [0.5, 0.6) is 0 Å². The molecule has 0 spiro atoms. The Morgan fingerprint density at radius 1 is 1.22 bits per heavy atom. The van der Waals surface area contributed by atoms with Crippen LogP contribution in [0, 0.1) is 0 Å². The Morgan fingerprint density at radius 2 is 1.94 bits per heavy atom. The summed E-state index contributed by atoms with van der Waals surface area (Å²) in [7, 11) is 1.30. The van der Waals surface area contributed by atoms with Crippen molar-refractivity contribution in [2.45, 2.75) is 0 Å². The summed E-state index contributed by atoms with van der Waals surface area (Å²) in [4.78, 5) is 22.3. The van der Waals surface area contributed by atoms with Crippen molar-refractivity contribution in [3.8, 4) is 0 Å². The quantitative estimate of drug-likeness (QED) is 0.847. The van der Waals surface area contributed by atoms with Crippen LogP contribution in [0.3, 0.4) is 0 Å². The van der Waals surface area contributed by atoms with Crippen LogP contribution in [0.25, 0.3) is 10.8 Å². The number of carbonyl (C=O) groups excluding carboxylic acids is 1. The van der Waals surface area contributed by atoms with Crippen molar-refractivity contribution in [3.05, 3.63) is 46.5 Å². The zero-order chi connectivity index (χ0) is 13.3. The summed E-state index contributed by atoms with van der Waals surface area (Å²) in [6.45, 7) is 0. The normalized spacial score (nSPS) is 10.3. The van der Waals surface area contributed by atoms with Gasteiger partial charge < -0.3 is 9.84 Å². The minimum absolute atomic E-state index is 0.0370. The summed E-state index contributed by atoms with van der Waals surface area (Å²) < 4.78 is 4.61. The van der Waals surface area contributed by atoms with Crippen LogP contribution in [0.2, 0.25) is 5.02 Å². The van der Waals surface area contributed by atoms with Gasteiger partial charge in [0, 0.05) is 5.39 Å². The third-order valence-electron chi connectivity index (χ3n) is 2.61. The number of carboxylic acids is 1. The molecule has 0 bridgehead atoms. The van der Waals surface area contributed by atoms with Crippen molar-refractivity contribution < 1.29 is 19.4 Å². The Bertz CT molecular complexity index is 649. The maximum absolute atomic E-state index is 11.4. The van der Waals surface area contributed by atoms with Crippen LogP contribution in [-0.4, -0.2) is 24.2 Å². The number of carboxylic acid groups (broad SMARTS) is 1. The van der Waals surface area contributed by atoms with E-state index in [1.165, 1.54) is 13.2 Å². The number of benzene rings is 2. The van der Waals surface area contributed by atoms with E-state index in [9.17, 15) is 9.59 Å². The molecule has 0 atom stereocenters. The Hall–Kier alpha value is -2.07. The van der Waals surface area contributed by atoms with Crippen molar-refractivity contribution in [1.29, 1.82) is 0 Å². The van der Waals surface area contributed by atoms with Crippen LogP contribution in [0.1, 0.15) is 20.7 Å². The highest BCUT2D eigenvalue weighted by molar-refractivity contribution is 6.38. The fraction of sp³-hybridized carbons (Fsp3) is 0.0769. The van der Waals surface area contributed by atoms with Crippen LogP contribution in [0.15, 0.2) is 30.3 Å². The third-order valence-corrected chi connectivity index (χ3v) is 3.01. The molecule has 1 N–H and O–H groups in total. The summed E-state index contributed by atoms with van der Waals surface area (Å²) in [5.74, 6) is -1.53. The Morgan fingerprint density at radius 3 is 2.56 bits per heavy atom. The topological polar surface area (TPSA) is 63.6 Å². The van der Waals surface area contributed by atoms with Crippen molar-refractivity contribution >= 4 is 34.3 Å².